The zero-order valence-corrected chi connectivity index (χ0v) is 12.9. The highest BCUT2D eigenvalue weighted by atomic mass is 127. The molecule has 0 heterocycles. The van der Waals surface area contributed by atoms with E-state index in [0.29, 0.717) is 17.1 Å². The van der Waals surface area contributed by atoms with Crippen molar-refractivity contribution < 1.29 is 9.53 Å². The Balaban J connectivity index is 2.42. The molecule has 0 aliphatic heterocycles. The van der Waals surface area contributed by atoms with Crippen LogP contribution < -0.4 is 10.5 Å². The topological polar surface area (TPSA) is 52.3 Å². The van der Waals surface area contributed by atoms with Crippen molar-refractivity contribution >= 4 is 44.4 Å². The number of halogens is 2. The molecule has 18 heavy (non-hydrogen) atoms. The van der Waals surface area contributed by atoms with E-state index in [1.807, 2.05) is 24.3 Å². The van der Waals surface area contributed by atoms with Crippen molar-refractivity contribution in [2.24, 2.45) is 5.73 Å². The van der Waals surface area contributed by atoms with Gasteiger partial charge in [-0.15, -0.1) is 0 Å². The number of carbonyl (C=O) groups is 1. The second kappa shape index (κ2) is 5.71. The number of hydrogen-bond acceptors (Lipinski definition) is 2. The Morgan fingerprint density at radius 3 is 2.56 bits per heavy atom. The molecule has 5 heteroatoms. The average Bonchev–Trinajstić information content (AvgIpc) is 2.32. The van der Waals surface area contributed by atoms with E-state index in [9.17, 15) is 4.79 Å². The van der Waals surface area contributed by atoms with E-state index in [1.54, 1.807) is 18.2 Å². The summed E-state index contributed by atoms with van der Waals surface area (Å²) >= 11 is 5.52. The van der Waals surface area contributed by atoms with Crippen LogP contribution in [0.2, 0.25) is 0 Å². The monoisotopic (exact) mass is 417 g/mol. The number of nitrogens with two attached hydrogens (primary N) is 1. The number of rotatable bonds is 3. The van der Waals surface area contributed by atoms with Gasteiger partial charge in [0.05, 0.1) is 9.13 Å². The largest absolute Gasteiger partial charge is 0.455 e. The van der Waals surface area contributed by atoms with Crippen molar-refractivity contribution in [2.45, 2.75) is 0 Å². The van der Waals surface area contributed by atoms with Crippen LogP contribution in [0.1, 0.15) is 10.4 Å². The fourth-order valence-corrected chi connectivity index (χ4v) is 2.27. The van der Waals surface area contributed by atoms with Crippen LogP contribution in [0.15, 0.2) is 46.9 Å². The molecule has 0 saturated heterocycles. The van der Waals surface area contributed by atoms with Gasteiger partial charge in [-0.1, -0.05) is 28.1 Å². The molecule has 0 unspecified atom stereocenters. The summed E-state index contributed by atoms with van der Waals surface area (Å²) in [5.41, 5.74) is 5.68. The molecule has 0 fully saturated rings. The van der Waals surface area contributed by atoms with Gasteiger partial charge in [-0.05, 0) is 52.9 Å². The standard InChI is InChI=1S/C13H9BrINO2/c14-8-5-6-9(13(16)17)12(7-8)18-11-4-2-1-3-10(11)15/h1-7H,(H2,16,17). The first-order valence-corrected chi connectivity index (χ1v) is 6.97. The summed E-state index contributed by atoms with van der Waals surface area (Å²) in [6.07, 6.45) is 0. The Bertz CT molecular complexity index is 601. The lowest BCUT2D eigenvalue weighted by atomic mass is 10.2. The molecule has 2 N–H and O–H groups in total. The van der Waals surface area contributed by atoms with Gasteiger partial charge in [-0.2, -0.15) is 0 Å². The molecule has 1 amide bonds. The van der Waals surface area contributed by atoms with Gasteiger partial charge in [0.15, 0.2) is 0 Å². The van der Waals surface area contributed by atoms with Gasteiger partial charge in [-0.25, -0.2) is 0 Å². The fourth-order valence-electron chi connectivity index (χ4n) is 1.43. The molecule has 92 valence electrons. The number of ether oxygens (including phenoxy) is 1. The normalized spacial score (nSPS) is 10.1. The van der Waals surface area contributed by atoms with E-state index in [0.717, 1.165) is 8.04 Å². The Hall–Kier alpha value is -1.08. The lowest BCUT2D eigenvalue weighted by Crippen LogP contribution is -2.12. The van der Waals surface area contributed by atoms with Crippen molar-refractivity contribution in [1.82, 2.24) is 0 Å². The Morgan fingerprint density at radius 2 is 1.89 bits per heavy atom. The minimum Gasteiger partial charge on any atom is -0.455 e. The van der Waals surface area contributed by atoms with E-state index in [2.05, 4.69) is 38.5 Å². The number of benzene rings is 2. The van der Waals surface area contributed by atoms with Crippen LogP contribution in [0.5, 0.6) is 11.5 Å². The highest BCUT2D eigenvalue weighted by molar-refractivity contribution is 14.1. The minimum atomic E-state index is -0.511. The van der Waals surface area contributed by atoms with Crippen molar-refractivity contribution in [1.29, 1.82) is 0 Å². The third-order valence-corrected chi connectivity index (χ3v) is 3.65. The Kier molecular flexibility index (Phi) is 4.23. The molecular formula is C13H9BrINO2. The first kappa shape index (κ1) is 13.4. The van der Waals surface area contributed by atoms with Gasteiger partial charge in [0, 0.05) is 4.47 Å². The summed E-state index contributed by atoms with van der Waals surface area (Å²) in [6.45, 7) is 0. The van der Waals surface area contributed by atoms with Crippen LogP contribution in [-0.2, 0) is 0 Å². The molecule has 2 rings (SSSR count). The van der Waals surface area contributed by atoms with Crippen molar-refractivity contribution in [3.05, 3.63) is 56.1 Å². The van der Waals surface area contributed by atoms with E-state index < -0.39 is 5.91 Å². The zero-order chi connectivity index (χ0) is 13.1. The molecule has 0 radical (unpaired) electrons. The van der Waals surface area contributed by atoms with Crippen molar-refractivity contribution in [3.63, 3.8) is 0 Å². The highest BCUT2D eigenvalue weighted by Crippen LogP contribution is 2.30. The molecule has 0 aliphatic rings. The first-order chi connectivity index (χ1) is 8.58. The molecule has 2 aromatic rings. The van der Waals surface area contributed by atoms with Crippen molar-refractivity contribution in [2.75, 3.05) is 0 Å². The van der Waals surface area contributed by atoms with Crippen LogP contribution in [0, 0.1) is 3.57 Å². The van der Waals surface area contributed by atoms with Crippen LogP contribution in [0.3, 0.4) is 0 Å². The Labute approximate surface area is 127 Å². The van der Waals surface area contributed by atoms with Gasteiger partial charge in [0.2, 0.25) is 0 Å². The van der Waals surface area contributed by atoms with E-state index in [-0.39, 0.29) is 0 Å². The summed E-state index contributed by atoms with van der Waals surface area (Å²) in [6, 6.07) is 12.7. The third kappa shape index (κ3) is 3.02. The van der Waals surface area contributed by atoms with Gasteiger partial charge in [-0.3, -0.25) is 4.79 Å². The smallest absolute Gasteiger partial charge is 0.252 e. The molecule has 0 spiro atoms. The maximum Gasteiger partial charge on any atom is 0.252 e. The molecule has 0 aliphatic carbocycles. The quantitative estimate of drug-likeness (QED) is 0.769. The molecule has 0 aromatic heterocycles. The van der Waals surface area contributed by atoms with Crippen LogP contribution >= 0.6 is 38.5 Å². The highest BCUT2D eigenvalue weighted by Gasteiger charge is 2.11. The van der Waals surface area contributed by atoms with Gasteiger partial charge >= 0.3 is 0 Å². The van der Waals surface area contributed by atoms with Crippen molar-refractivity contribution in [3.8, 4) is 11.5 Å². The van der Waals surface area contributed by atoms with Crippen LogP contribution in [0.25, 0.3) is 0 Å². The summed E-state index contributed by atoms with van der Waals surface area (Å²) < 4.78 is 7.53. The summed E-state index contributed by atoms with van der Waals surface area (Å²) in [4.78, 5) is 11.3. The minimum absolute atomic E-state index is 0.359. The van der Waals surface area contributed by atoms with Crippen LogP contribution in [-0.4, -0.2) is 5.91 Å². The second-order valence-electron chi connectivity index (χ2n) is 3.54. The van der Waals surface area contributed by atoms with E-state index >= 15 is 0 Å². The molecule has 3 nitrogen and oxygen atoms in total. The molecule has 0 atom stereocenters. The number of hydrogen-bond donors (Lipinski definition) is 1. The lowest BCUT2D eigenvalue weighted by Gasteiger charge is -2.10. The lowest BCUT2D eigenvalue weighted by molar-refractivity contribution is 0.0998. The predicted molar refractivity (Wildman–Crippen MR) is 81.9 cm³/mol. The van der Waals surface area contributed by atoms with Gasteiger partial charge < -0.3 is 10.5 Å². The molecule has 2 aromatic carbocycles. The van der Waals surface area contributed by atoms with E-state index in [4.69, 9.17) is 10.5 Å². The second-order valence-corrected chi connectivity index (χ2v) is 5.62. The molecule has 0 bridgehead atoms. The zero-order valence-electron chi connectivity index (χ0n) is 9.19. The van der Waals surface area contributed by atoms with Gasteiger partial charge in [0.1, 0.15) is 11.5 Å². The van der Waals surface area contributed by atoms with Crippen LogP contribution in [0.4, 0.5) is 0 Å². The SMILES string of the molecule is NC(=O)c1ccc(Br)cc1Oc1ccccc1I. The maximum atomic E-state index is 11.3. The fraction of sp³-hybridized carbons (Fsp3) is 0. The number of carbonyl (C=O) groups excluding carboxylic acids is 1. The summed E-state index contributed by atoms with van der Waals surface area (Å²) in [7, 11) is 0. The predicted octanol–water partition coefficient (Wildman–Crippen LogP) is 3.94. The first-order valence-electron chi connectivity index (χ1n) is 5.09. The number of amides is 1. The third-order valence-electron chi connectivity index (χ3n) is 2.27. The summed E-state index contributed by atoms with van der Waals surface area (Å²) in [5, 5.41) is 0. The van der Waals surface area contributed by atoms with E-state index in [1.165, 1.54) is 0 Å². The summed E-state index contributed by atoms with van der Waals surface area (Å²) in [5.74, 6) is 0.628. The number of para-hydroxylation sites is 1. The van der Waals surface area contributed by atoms with Gasteiger partial charge in [0.25, 0.3) is 5.91 Å². The molecular weight excluding hydrogens is 409 g/mol. The Morgan fingerprint density at radius 1 is 1.17 bits per heavy atom. The molecule has 0 saturated carbocycles. The number of primary amides is 1. The average molecular weight is 418 g/mol. The maximum absolute atomic E-state index is 11.3.